The average molecular weight is 297 g/mol. The number of methoxy groups -OCH3 is 2. The lowest BCUT2D eigenvalue weighted by Crippen LogP contribution is -1.97. The second kappa shape index (κ2) is 5.64. The lowest BCUT2D eigenvalue weighted by atomic mass is 10.1. The van der Waals surface area contributed by atoms with E-state index in [4.69, 9.17) is 9.47 Å². The minimum Gasteiger partial charge on any atom is -0.502 e. The molecule has 0 saturated carbocycles. The maximum absolute atomic E-state index is 10.1. The first-order chi connectivity index (χ1) is 10.7. The smallest absolute Gasteiger partial charge is 0.200 e. The molecule has 0 aliphatic rings. The van der Waals surface area contributed by atoms with Crippen LogP contribution in [0.4, 0.5) is 0 Å². The normalized spacial score (nSPS) is 10.9. The minimum atomic E-state index is 0.0212. The number of nitrogens with zero attached hydrogens (tertiary/aromatic N) is 1. The Morgan fingerprint density at radius 1 is 1.00 bits per heavy atom. The summed E-state index contributed by atoms with van der Waals surface area (Å²) in [6.07, 6.45) is 0. The summed E-state index contributed by atoms with van der Waals surface area (Å²) < 4.78 is 12.8. The number of benzene rings is 2. The Morgan fingerprint density at radius 3 is 2.23 bits per heavy atom. The monoisotopic (exact) mass is 297 g/mol. The molecule has 0 aliphatic carbocycles. The van der Waals surface area contributed by atoms with Crippen LogP contribution in [-0.4, -0.2) is 23.9 Å². The largest absolute Gasteiger partial charge is 0.502 e. The molecule has 1 aromatic heterocycles. The number of hydrogen-bond acceptors (Lipinski definition) is 3. The molecule has 0 aliphatic heterocycles. The Balaban J connectivity index is 2.27. The van der Waals surface area contributed by atoms with Crippen molar-refractivity contribution < 1.29 is 14.6 Å². The predicted octanol–water partition coefficient (Wildman–Crippen LogP) is 4.05. The Labute approximate surface area is 129 Å². The Kier molecular flexibility index (Phi) is 3.67. The van der Waals surface area contributed by atoms with Gasteiger partial charge in [0.15, 0.2) is 11.5 Å². The molecular formula is C18H19NO3. The van der Waals surface area contributed by atoms with Gasteiger partial charge in [0.25, 0.3) is 0 Å². The van der Waals surface area contributed by atoms with E-state index in [0.717, 1.165) is 17.8 Å². The Hall–Kier alpha value is -2.62. The van der Waals surface area contributed by atoms with Crippen LogP contribution >= 0.6 is 0 Å². The highest BCUT2D eigenvalue weighted by Crippen LogP contribution is 2.41. The van der Waals surface area contributed by atoms with E-state index in [9.17, 15) is 5.11 Å². The van der Waals surface area contributed by atoms with Crippen molar-refractivity contribution >= 4 is 10.9 Å². The lowest BCUT2D eigenvalue weighted by Gasteiger charge is -2.13. The maximum Gasteiger partial charge on any atom is 0.200 e. The van der Waals surface area contributed by atoms with Crippen molar-refractivity contribution in [2.45, 2.75) is 13.5 Å². The summed E-state index contributed by atoms with van der Waals surface area (Å²) in [6, 6.07) is 14.1. The number of phenols is 1. The van der Waals surface area contributed by atoms with E-state index in [-0.39, 0.29) is 5.75 Å². The maximum atomic E-state index is 10.1. The summed E-state index contributed by atoms with van der Waals surface area (Å²) in [5.41, 5.74) is 3.20. The van der Waals surface area contributed by atoms with Gasteiger partial charge in [0.1, 0.15) is 0 Å². The van der Waals surface area contributed by atoms with Crippen LogP contribution in [0, 0.1) is 0 Å². The fourth-order valence-electron chi connectivity index (χ4n) is 2.83. The summed E-state index contributed by atoms with van der Waals surface area (Å²) in [6.45, 7) is 2.97. The fraction of sp³-hybridized carbons (Fsp3) is 0.222. The molecule has 4 heteroatoms. The number of hydrogen-bond donors (Lipinski definition) is 1. The summed E-state index contributed by atoms with van der Waals surface area (Å²) in [7, 11) is 3.07. The second-order valence-electron chi connectivity index (χ2n) is 5.06. The molecule has 0 spiro atoms. The number of rotatable bonds is 4. The molecule has 0 atom stereocenters. The van der Waals surface area contributed by atoms with Gasteiger partial charge in [-0.2, -0.15) is 0 Å². The third kappa shape index (κ3) is 2.17. The van der Waals surface area contributed by atoms with Crippen molar-refractivity contribution in [2.75, 3.05) is 14.2 Å². The average Bonchev–Trinajstić information content (AvgIpc) is 2.93. The zero-order chi connectivity index (χ0) is 15.7. The van der Waals surface area contributed by atoms with Crippen LogP contribution in [0.1, 0.15) is 6.92 Å². The highest BCUT2D eigenvalue weighted by Gasteiger charge is 2.15. The van der Waals surface area contributed by atoms with Crippen molar-refractivity contribution in [1.82, 2.24) is 4.57 Å². The van der Waals surface area contributed by atoms with Crippen molar-refractivity contribution in [1.29, 1.82) is 0 Å². The third-order valence-corrected chi connectivity index (χ3v) is 3.90. The van der Waals surface area contributed by atoms with Gasteiger partial charge in [-0.05, 0) is 31.2 Å². The van der Waals surface area contributed by atoms with Crippen LogP contribution in [0.3, 0.4) is 0 Å². The van der Waals surface area contributed by atoms with Gasteiger partial charge in [-0.3, -0.25) is 0 Å². The first-order valence-corrected chi connectivity index (χ1v) is 7.23. The number of aromatic hydroxyl groups is 1. The SMILES string of the molecule is CCn1c(-c2cc(OC)c(O)c(OC)c2)cc2ccccc21. The molecule has 0 fully saturated rings. The summed E-state index contributed by atoms with van der Waals surface area (Å²) in [4.78, 5) is 0. The first-order valence-electron chi connectivity index (χ1n) is 7.23. The molecule has 114 valence electrons. The summed E-state index contributed by atoms with van der Waals surface area (Å²) >= 11 is 0. The highest BCUT2D eigenvalue weighted by atomic mass is 16.5. The molecular weight excluding hydrogens is 278 g/mol. The van der Waals surface area contributed by atoms with Gasteiger partial charge < -0.3 is 19.1 Å². The van der Waals surface area contributed by atoms with E-state index < -0.39 is 0 Å². The zero-order valence-corrected chi connectivity index (χ0v) is 13.0. The topological polar surface area (TPSA) is 43.6 Å². The van der Waals surface area contributed by atoms with E-state index in [1.807, 2.05) is 24.3 Å². The standard InChI is InChI=1S/C18H19NO3/c1-4-19-14-8-6-5-7-12(14)9-15(19)13-10-16(21-2)18(20)17(11-13)22-3/h5-11,20H,4H2,1-3H3. The predicted molar refractivity (Wildman–Crippen MR) is 87.8 cm³/mol. The summed E-state index contributed by atoms with van der Waals surface area (Å²) in [5, 5.41) is 11.3. The fourth-order valence-corrected chi connectivity index (χ4v) is 2.83. The molecule has 3 aromatic rings. The van der Waals surface area contributed by atoms with Crippen LogP contribution in [0.15, 0.2) is 42.5 Å². The van der Waals surface area contributed by atoms with Gasteiger partial charge in [-0.15, -0.1) is 0 Å². The lowest BCUT2D eigenvalue weighted by molar-refractivity contribution is 0.340. The molecule has 1 N–H and O–H groups in total. The number of fused-ring (bicyclic) bond motifs is 1. The van der Waals surface area contributed by atoms with Crippen molar-refractivity contribution in [3.63, 3.8) is 0 Å². The molecule has 2 aromatic carbocycles. The van der Waals surface area contributed by atoms with Crippen molar-refractivity contribution in [3.8, 4) is 28.5 Å². The van der Waals surface area contributed by atoms with Gasteiger partial charge in [0.05, 0.1) is 14.2 Å². The molecule has 0 saturated heterocycles. The number of phenolic OH excluding ortho intramolecular Hbond substituents is 1. The quantitative estimate of drug-likeness (QED) is 0.790. The Morgan fingerprint density at radius 2 is 1.64 bits per heavy atom. The summed E-state index contributed by atoms with van der Waals surface area (Å²) in [5.74, 6) is 0.831. The molecule has 22 heavy (non-hydrogen) atoms. The number of aryl methyl sites for hydroxylation is 1. The van der Waals surface area contributed by atoms with Crippen LogP contribution in [0.5, 0.6) is 17.2 Å². The molecule has 0 amide bonds. The van der Waals surface area contributed by atoms with Crippen LogP contribution in [0.25, 0.3) is 22.2 Å². The zero-order valence-electron chi connectivity index (χ0n) is 13.0. The van der Waals surface area contributed by atoms with E-state index >= 15 is 0 Å². The van der Waals surface area contributed by atoms with Crippen molar-refractivity contribution in [2.24, 2.45) is 0 Å². The minimum absolute atomic E-state index is 0.0212. The van der Waals surface area contributed by atoms with Crippen LogP contribution < -0.4 is 9.47 Å². The Bertz CT molecular complexity index is 795. The van der Waals surface area contributed by atoms with E-state index in [0.29, 0.717) is 11.5 Å². The molecule has 4 nitrogen and oxygen atoms in total. The van der Waals surface area contributed by atoms with Gasteiger partial charge >= 0.3 is 0 Å². The molecule has 0 unspecified atom stereocenters. The van der Waals surface area contributed by atoms with Crippen LogP contribution in [0.2, 0.25) is 0 Å². The molecule has 1 heterocycles. The van der Waals surface area contributed by atoms with E-state index in [1.165, 1.54) is 25.1 Å². The van der Waals surface area contributed by atoms with Gasteiger partial charge in [0, 0.05) is 28.7 Å². The molecule has 3 rings (SSSR count). The highest BCUT2D eigenvalue weighted by molar-refractivity contribution is 5.87. The number of para-hydroxylation sites is 1. The molecule has 0 bridgehead atoms. The van der Waals surface area contributed by atoms with E-state index in [1.54, 1.807) is 0 Å². The van der Waals surface area contributed by atoms with Crippen molar-refractivity contribution in [3.05, 3.63) is 42.5 Å². The number of ether oxygens (including phenoxy) is 2. The van der Waals surface area contributed by atoms with E-state index in [2.05, 4.69) is 29.7 Å². The third-order valence-electron chi connectivity index (χ3n) is 3.90. The van der Waals surface area contributed by atoms with Gasteiger partial charge in [-0.1, -0.05) is 18.2 Å². The van der Waals surface area contributed by atoms with Gasteiger partial charge in [0.2, 0.25) is 5.75 Å². The van der Waals surface area contributed by atoms with Gasteiger partial charge in [-0.25, -0.2) is 0 Å². The van der Waals surface area contributed by atoms with Crippen LogP contribution in [-0.2, 0) is 6.54 Å². The number of aromatic nitrogens is 1. The second-order valence-corrected chi connectivity index (χ2v) is 5.06. The first kappa shape index (κ1) is 14.3. The molecule has 0 radical (unpaired) electrons.